The van der Waals surface area contributed by atoms with Crippen LogP contribution >= 0.6 is 0 Å². The Morgan fingerprint density at radius 1 is 1.00 bits per heavy atom. The van der Waals surface area contributed by atoms with Crippen LogP contribution in [0.1, 0.15) is 11.6 Å². The van der Waals surface area contributed by atoms with Crippen LogP contribution in [0.15, 0.2) is 53.5 Å². The Morgan fingerprint density at radius 2 is 1.63 bits per heavy atom. The maximum atomic E-state index is 14.5. The van der Waals surface area contributed by atoms with Crippen molar-refractivity contribution < 1.29 is 36.2 Å². The number of fused-ring (bicyclic) bond motifs is 1. The molecule has 1 N–H and O–H groups in total. The van der Waals surface area contributed by atoms with E-state index in [1.165, 1.54) is 49.6 Å². The molecular formula is C20H17F5N2O3. The van der Waals surface area contributed by atoms with Gasteiger partial charge in [-0.15, -0.1) is 0 Å². The number of halogens is 5. The van der Waals surface area contributed by atoms with E-state index in [1.807, 2.05) is 0 Å². The van der Waals surface area contributed by atoms with Crippen molar-refractivity contribution in [1.82, 2.24) is 0 Å². The maximum absolute atomic E-state index is 14.5. The number of hydrogen-bond donors (Lipinski definition) is 1. The van der Waals surface area contributed by atoms with Gasteiger partial charge in [-0.25, -0.2) is 4.99 Å². The van der Waals surface area contributed by atoms with E-state index in [0.717, 1.165) is 7.11 Å². The molecule has 0 aliphatic carbocycles. The van der Waals surface area contributed by atoms with Crippen molar-refractivity contribution in [3.63, 3.8) is 0 Å². The lowest BCUT2D eigenvalue weighted by Gasteiger charge is -2.30. The van der Waals surface area contributed by atoms with Crippen molar-refractivity contribution in [1.29, 1.82) is 0 Å². The van der Waals surface area contributed by atoms with Crippen LogP contribution in [0.4, 0.5) is 33.3 Å². The number of aliphatic imine (C=N–C) groups is 1. The number of rotatable bonds is 4. The fraction of sp³-hybridized carbons (Fsp3) is 0.300. The molecule has 0 aromatic heterocycles. The van der Waals surface area contributed by atoms with Crippen LogP contribution in [0.25, 0.3) is 0 Å². The molecule has 1 heterocycles. The zero-order chi connectivity index (χ0) is 22.1. The van der Waals surface area contributed by atoms with Gasteiger partial charge in [-0.3, -0.25) is 4.79 Å². The first-order valence-corrected chi connectivity index (χ1v) is 8.71. The van der Waals surface area contributed by atoms with Crippen LogP contribution in [0.5, 0.6) is 5.75 Å². The van der Waals surface area contributed by atoms with Crippen molar-refractivity contribution in [2.75, 3.05) is 19.5 Å². The summed E-state index contributed by atoms with van der Waals surface area (Å²) >= 11 is 0. The molecule has 5 nitrogen and oxygen atoms in total. The van der Waals surface area contributed by atoms with Gasteiger partial charge < -0.3 is 14.8 Å². The number of esters is 1. The fourth-order valence-electron chi connectivity index (χ4n) is 3.17. The minimum absolute atomic E-state index is 0.152. The predicted octanol–water partition coefficient (Wildman–Crippen LogP) is 4.92. The lowest BCUT2D eigenvalue weighted by atomic mass is 9.86. The third-order valence-electron chi connectivity index (χ3n) is 4.69. The van der Waals surface area contributed by atoms with E-state index in [9.17, 15) is 26.7 Å². The zero-order valence-corrected chi connectivity index (χ0v) is 15.8. The summed E-state index contributed by atoms with van der Waals surface area (Å²) in [6, 6.07) is 10.4. The number of nitrogens with one attached hydrogen (secondary N) is 1. The number of nitrogens with zero attached hydrogens (tertiary/aromatic N) is 1. The van der Waals surface area contributed by atoms with Gasteiger partial charge in [0.25, 0.3) is 0 Å². The van der Waals surface area contributed by atoms with Gasteiger partial charge in [-0.05, 0) is 29.8 Å². The fourth-order valence-corrected chi connectivity index (χ4v) is 3.17. The van der Waals surface area contributed by atoms with Gasteiger partial charge in [0.05, 0.1) is 31.6 Å². The Balaban J connectivity index is 2.26. The molecule has 0 fully saturated rings. The van der Waals surface area contributed by atoms with Crippen LogP contribution < -0.4 is 10.1 Å². The molecule has 0 spiro atoms. The smallest absolute Gasteiger partial charge is 0.459 e. The average molecular weight is 428 g/mol. The molecule has 1 aliphatic rings. The van der Waals surface area contributed by atoms with Gasteiger partial charge in [0.1, 0.15) is 17.4 Å². The van der Waals surface area contributed by atoms with Crippen molar-refractivity contribution >= 4 is 23.1 Å². The first kappa shape index (κ1) is 21.5. The molecule has 0 saturated heterocycles. The topological polar surface area (TPSA) is 59.9 Å². The number of benzene rings is 2. The number of para-hydroxylation sites is 2. The number of carbonyl (C=O) groups is 1. The highest BCUT2D eigenvalue weighted by Crippen LogP contribution is 2.46. The molecule has 2 unspecified atom stereocenters. The third-order valence-corrected chi connectivity index (χ3v) is 4.69. The first-order chi connectivity index (χ1) is 14.1. The second-order valence-corrected chi connectivity index (χ2v) is 6.48. The Morgan fingerprint density at radius 3 is 2.20 bits per heavy atom. The van der Waals surface area contributed by atoms with Gasteiger partial charge in [0.2, 0.25) is 0 Å². The zero-order valence-electron chi connectivity index (χ0n) is 15.8. The Bertz CT molecular complexity index is 958. The minimum Gasteiger partial charge on any atom is -0.497 e. The number of anilines is 1. The molecule has 0 amide bonds. The maximum Gasteiger partial charge on any atom is 0.459 e. The lowest BCUT2D eigenvalue weighted by Crippen LogP contribution is -2.51. The standard InChI is InChI=1S/C20H17F5N2O3/c1-29-12-9-7-11(8-10-12)16-15(18(28)30-2)17(19(21,22)20(23,24)25)27-14-6-4-3-5-13(14)26-16/h3-10,15-16,26H,1-2H3. The van der Waals surface area contributed by atoms with Crippen molar-refractivity contribution in [2.45, 2.75) is 18.1 Å². The van der Waals surface area contributed by atoms with E-state index in [0.29, 0.717) is 5.75 Å². The number of alkyl halides is 5. The molecule has 0 radical (unpaired) electrons. The molecular weight excluding hydrogens is 411 g/mol. The molecule has 160 valence electrons. The van der Waals surface area contributed by atoms with Crippen LogP contribution in [0, 0.1) is 5.92 Å². The second kappa shape index (κ2) is 7.92. The normalized spacial score (nSPS) is 19.1. The van der Waals surface area contributed by atoms with Gasteiger partial charge in [-0.1, -0.05) is 24.3 Å². The largest absolute Gasteiger partial charge is 0.497 e. The molecule has 2 aromatic carbocycles. The van der Waals surface area contributed by atoms with E-state index in [-0.39, 0.29) is 16.9 Å². The summed E-state index contributed by atoms with van der Waals surface area (Å²) in [5, 5.41) is 2.88. The first-order valence-electron chi connectivity index (χ1n) is 8.71. The summed E-state index contributed by atoms with van der Waals surface area (Å²) in [5.41, 5.74) is -1.32. The quantitative estimate of drug-likeness (QED) is 0.555. The number of carbonyl (C=O) groups excluding carboxylic acids is 1. The summed E-state index contributed by atoms with van der Waals surface area (Å²) in [6.07, 6.45) is -5.96. The molecule has 2 aromatic rings. The minimum atomic E-state index is -5.96. The van der Waals surface area contributed by atoms with Crippen LogP contribution in [-0.2, 0) is 9.53 Å². The Labute approximate surface area is 168 Å². The summed E-state index contributed by atoms with van der Waals surface area (Å²) in [7, 11) is 2.33. The number of methoxy groups -OCH3 is 2. The average Bonchev–Trinajstić information content (AvgIpc) is 2.90. The molecule has 0 saturated carbocycles. The Kier molecular flexibility index (Phi) is 5.69. The van der Waals surface area contributed by atoms with E-state index >= 15 is 0 Å². The molecule has 10 heteroatoms. The van der Waals surface area contributed by atoms with Gasteiger partial charge in [0, 0.05) is 0 Å². The van der Waals surface area contributed by atoms with Crippen molar-refractivity contribution in [3.05, 3.63) is 54.1 Å². The number of hydrogen-bond acceptors (Lipinski definition) is 5. The predicted molar refractivity (Wildman–Crippen MR) is 99.4 cm³/mol. The highest BCUT2D eigenvalue weighted by molar-refractivity contribution is 6.09. The van der Waals surface area contributed by atoms with Crippen LogP contribution in [0.3, 0.4) is 0 Å². The highest BCUT2D eigenvalue weighted by atomic mass is 19.4. The van der Waals surface area contributed by atoms with Crippen LogP contribution in [-0.4, -0.2) is 38.0 Å². The van der Waals surface area contributed by atoms with E-state index in [2.05, 4.69) is 15.0 Å². The molecule has 30 heavy (non-hydrogen) atoms. The number of ether oxygens (including phenoxy) is 2. The van der Waals surface area contributed by atoms with Crippen molar-refractivity contribution in [3.8, 4) is 5.75 Å². The third kappa shape index (κ3) is 3.81. The monoisotopic (exact) mass is 428 g/mol. The van der Waals surface area contributed by atoms with Crippen molar-refractivity contribution in [2.24, 2.45) is 10.9 Å². The molecule has 0 bridgehead atoms. The van der Waals surface area contributed by atoms with Gasteiger partial charge in [0.15, 0.2) is 0 Å². The highest BCUT2D eigenvalue weighted by Gasteiger charge is 2.65. The summed E-state index contributed by atoms with van der Waals surface area (Å²) < 4.78 is 78.5. The van der Waals surface area contributed by atoms with E-state index in [1.54, 1.807) is 6.07 Å². The van der Waals surface area contributed by atoms with E-state index < -0.39 is 35.7 Å². The summed E-state index contributed by atoms with van der Waals surface area (Å²) in [4.78, 5) is 16.1. The van der Waals surface area contributed by atoms with Gasteiger partial charge in [-0.2, -0.15) is 22.0 Å². The molecule has 3 rings (SSSR count). The SMILES string of the molecule is COC(=O)C1C(C(F)(F)C(F)(F)F)=Nc2ccccc2NC1c1ccc(OC)cc1. The molecule has 1 aliphatic heterocycles. The summed E-state index contributed by atoms with van der Waals surface area (Å²) in [5.74, 6) is -8.25. The van der Waals surface area contributed by atoms with E-state index in [4.69, 9.17) is 4.74 Å². The Hall–Kier alpha value is -3.17. The van der Waals surface area contributed by atoms with Crippen LogP contribution in [0.2, 0.25) is 0 Å². The van der Waals surface area contributed by atoms with Gasteiger partial charge >= 0.3 is 18.1 Å². The lowest BCUT2D eigenvalue weighted by molar-refractivity contribution is -0.250. The summed E-state index contributed by atoms with van der Waals surface area (Å²) in [6.45, 7) is 0. The second-order valence-electron chi connectivity index (χ2n) is 6.48. The molecule has 2 atom stereocenters.